The van der Waals surface area contributed by atoms with Crippen molar-refractivity contribution in [2.24, 2.45) is 5.92 Å². The predicted molar refractivity (Wildman–Crippen MR) is 51.8 cm³/mol. The highest BCUT2D eigenvalue weighted by atomic mass is 16.5. The Balaban J connectivity index is 2.59. The lowest BCUT2D eigenvalue weighted by Crippen LogP contribution is -2.43. The molecule has 0 radical (unpaired) electrons. The Kier molecular flexibility index (Phi) is 4.07. The molecule has 0 aromatic rings. The van der Waals surface area contributed by atoms with E-state index >= 15 is 0 Å². The van der Waals surface area contributed by atoms with E-state index < -0.39 is 0 Å². The first-order valence-electron chi connectivity index (χ1n) is 4.95. The maximum Gasteiger partial charge on any atom is 0.323 e. The maximum atomic E-state index is 11.4. The van der Waals surface area contributed by atoms with Crippen LogP contribution in [0.15, 0.2) is 0 Å². The predicted octanol–water partition coefficient (Wildman–Crippen LogP) is 0.507. The van der Waals surface area contributed by atoms with Gasteiger partial charge in [0.05, 0.1) is 7.11 Å². The highest BCUT2D eigenvalue weighted by Gasteiger charge is 2.31. The van der Waals surface area contributed by atoms with Gasteiger partial charge in [0.2, 0.25) is 0 Å². The van der Waals surface area contributed by atoms with E-state index in [9.17, 15) is 9.59 Å². The smallest absolute Gasteiger partial charge is 0.323 e. The fraction of sp³-hybridized carbons (Fsp3) is 0.800. The number of hydrogen-bond donors (Lipinski definition) is 1. The molecule has 4 heteroatoms. The van der Waals surface area contributed by atoms with Crippen LogP contribution in [0, 0.1) is 5.92 Å². The van der Waals surface area contributed by atoms with Gasteiger partial charge in [0.25, 0.3) is 0 Å². The topological polar surface area (TPSA) is 55.4 Å². The van der Waals surface area contributed by atoms with E-state index in [1.807, 2.05) is 0 Å². The molecule has 1 N–H and O–H groups in total. The van der Waals surface area contributed by atoms with E-state index in [2.05, 4.69) is 10.1 Å². The molecule has 1 aliphatic carbocycles. The van der Waals surface area contributed by atoms with E-state index in [0.717, 1.165) is 12.8 Å². The molecular weight excluding hydrogens is 182 g/mol. The maximum absolute atomic E-state index is 11.4. The van der Waals surface area contributed by atoms with Crippen LogP contribution in [-0.4, -0.2) is 32.0 Å². The van der Waals surface area contributed by atoms with Crippen LogP contribution in [0.2, 0.25) is 0 Å². The van der Waals surface area contributed by atoms with Crippen molar-refractivity contribution in [2.45, 2.75) is 31.7 Å². The normalized spacial score (nSPS) is 24.4. The molecule has 0 aliphatic heterocycles. The summed E-state index contributed by atoms with van der Waals surface area (Å²) in [6.45, 7) is 0. The first kappa shape index (κ1) is 11.2. The van der Waals surface area contributed by atoms with Crippen molar-refractivity contribution in [1.29, 1.82) is 0 Å². The molecule has 1 saturated carbocycles. The number of likely N-dealkylation sites (N-methyl/N-ethyl adjacent to an activating group) is 1. The molecule has 0 saturated heterocycles. The largest absolute Gasteiger partial charge is 0.468 e. The number of hydrogen-bond acceptors (Lipinski definition) is 4. The Bertz CT molecular complexity index is 227. The van der Waals surface area contributed by atoms with Crippen molar-refractivity contribution in [2.75, 3.05) is 14.2 Å². The molecule has 0 aromatic carbocycles. The van der Waals surface area contributed by atoms with Crippen molar-refractivity contribution in [3.63, 3.8) is 0 Å². The van der Waals surface area contributed by atoms with E-state index in [0.29, 0.717) is 12.8 Å². The van der Waals surface area contributed by atoms with E-state index in [4.69, 9.17) is 0 Å². The highest BCUT2D eigenvalue weighted by molar-refractivity contribution is 5.82. The third kappa shape index (κ3) is 2.54. The summed E-state index contributed by atoms with van der Waals surface area (Å²) in [5, 5.41) is 2.92. The Hall–Kier alpha value is -0.900. The molecule has 0 heterocycles. The number of ketones is 1. The molecule has 1 rings (SSSR count). The first-order valence-corrected chi connectivity index (χ1v) is 4.95. The summed E-state index contributed by atoms with van der Waals surface area (Å²) in [5.41, 5.74) is 0. The molecule has 0 aromatic heterocycles. The van der Waals surface area contributed by atoms with Crippen molar-refractivity contribution < 1.29 is 14.3 Å². The second-order valence-corrected chi connectivity index (χ2v) is 3.68. The van der Waals surface area contributed by atoms with Gasteiger partial charge in [-0.15, -0.1) is 0 Å². The number of nitrogens with one attached hydrogen (secondary N) is 1. The molecule has 14 heavy (non-hydrogen) atoms. The van der Waals surface area contributed by atoms with Crippen LogP contribution < -0.4 is 5.32 Å². The minimum atomic E-state index is -0.329. The minimum Gasteiger partial charge on any atom is -0.468 e. The number of methoxy groups -OCH3 is 1. The van der Waals surface area contributed by atoms with Gasteiger partial charge in [0.15, 0.2) is 0 Å². The van der Waals surface area contributed by atoms with Gasteiger partial charge in [-0.2, -0.15) is 0 Å². The first-order chi connectivity index (χ1) is 6.69. The van der Waals surface area contributed by atoms with Crippen LogP contribution in [0.4, 0.5) is 0 Å². The van der Waals surface area contributed by atoms with E-state index in [-0.39, 0.29) is 23.7 Å². The standard InChI is InChI=1S/C10H17NO3/c1-11-9(10(13)14-2)7-4-3-5-8(12)6-7/h7,9,11H,3-6H2,1-2H3/t7-,9-/m0/s1. The van der Waals surface area contributed by atoms with E-state index in [1.54, 1.807) is 7.05 Å². The monoisotopic (exact) mass is 199 g/mol. The summed E-state index contributed by atoms with van der Waals surface area (Å²) in [6, 6.07) is -0.329. The zero-order chi connectivity index (χ0) is 10.6. The summed E-state index contributed by atoms with van der Waals surface area (Å²) in [7, 11) is 3.10. The Labute approximate surface area is 84.0 Å². The Morgan fingerprint density at radius 3 is 2.86 bits per heavy atom. The van der Waals surface area contributed by atoms with Gasteiger partial charge in [0.1, 0.15) is 11.8 Å². The molecule has 2 atom stereocenters. The molecule has 0 bridgehead atoms. The fourth-order valence-corrected chi connectivity index (χ4v) is 2.02. The average Bonchev–Trinajstić information content (AvgIpc) is 2.19. The number of Topliss-reactive ketones (excluding diaryl/α,β-unsaturated/α-hetero) is 1. The van der Waals surface area contributed by atoms with Crippen LogP contribution in [0.1, 0.15) is 25.7 Å². The van der Waals surface area contributed by atoms with Crippen LogP contribution >= 0.6 is 0 Å². The molecule has 1 fully saturated rings. The molecule has 1 aliphatic rings. The number of rotatable bonds is 3. The summed E-state index contributed by atoms with van der Waals surface area (Å²) >= 11 is 0. The zero-order valence-corrected chi connectivity index (χ0v) is 8.71. The van der Waals surface area contributed by atoms with Gasteiger partial charge in [-0.3, -0.25) is 9.59 Å². The van der Waals surface area contributed by atoms with Gasteiger partial charge >= 0.3 is 5.97 Å². The lowest BCUT2D eigenvalue weighted by atomic mass is 9.83. The van der Waals surface area contributed by atoms with Crippen LogP contribution in [0.25, 0.3) is 0 Å². The Morgan fingerprint density at radius 1 is 1.64 bits per heavy atom. The SMILES string of the molecule is CN[C@H](C(=O)OC)[C@H]1CCCC(=O)C1. The highest BCUT2D eigenvalue weighted by Crippen LogP contribution is 2.24. The third-order valence-corrected chi connectivity index (χ3v) is 2.76. The lowest BCUT2D eigenvalue weighted by molar-refractivity contribution is -0.145. The number of carbonyl (C=O) groups is 2. The van der Waals surface area contributed by atoms with Gasteiger partial charge in [0, 0.05) is 12.8 Å². The minimum absolute atomic E-state index is 0.105. The van der Waals surface area contributed by atoms with Gasteiger partial charge < -0.3 is 10.1 Å². The van der Waals surface area contributed by atoms with Gasteiger partial charge in [-0.25, -0.2) is 0 Å². The number of ether oxygens (including phenoxy) is 1. The molecular formula is C10H17NO3. The molecule has 0 unspecified atom stereocenters. The lowest BCUT2D eigenvalue weighted by Gasteiger charge is -2.27. The molecule has 0 spiro atoms. The second-order valence-electron chi connectivity index (χ2n) is 3.68. The summed E-state index contributed by atoms with van der Waals surface area (Å²) in [4.78, 5) is 22.6. The van der Waals surface area contributed by atoms with Gasteiger partial charge in [-0.05, 0) is 25.8 Å². The van der Waals surface area contributed by atoms with Crippen LogP contribution in [0.3, 0.4) is 0 Å². The molecule has 80 valence electrons. The fourth-order valence-electron chi connectivity index (χ4n) is 2.02. The average molecular weight is 199 g/mol. The second kappa shape index (κ2) is 5.10. The Morgan fingerprint density at radius 2 is 2.36 bits per heavy atom. The third-order valence-electron chi connectivity index (χ3n) is 2.76. The van der Waals surface area contributed by atoms with Crippen LogP contribution in [0.5, 0.6) is 0 Å². The molecule has 0 amide bonds. The van der Waals surface area contributed by atoms with Crippen LogP contribution in [-0.2, 0) is 14.3 Å². The molecule has 4 nitrogen and oxygen atoms in total. The summed E-state index contributed by atoms with van der Waals surface area (Å²) in [5.74, 6) is 0.0892. The number of esters is 1. The van der Waals surface area contributed by atoms with Crippen molar-refractivity contribution in [1.82, 2.24) is 5.32 Å². The quantitative estimate of drug-likeness (QED) is 0.673. The zero-order valence-electron chi connectivity index (χ0n) is 8.71. The van der Waals surface area contributed by atoms with Crippen molar-refractivity contribution in [3.05, 3.63) is 0 Å². The van der Waals surface area contributed by atoms with Crippen molar-refractivity contribution >= 4 is 11.8 Å². The summed E-state index contributed by atoms with van der Waals surface area (Å²) in [6.07, 6.45) is 2.97. The summed E-state index contributed by atoms with van der Waals surface area (Å²) < 4.78 is 4.68. The van der Waals surface area contributed by atoms with Gasteiger partial charge in [-0.1, -0.05) is 0 Å². The van der Waals surface area contributed by atoms with Crippen molar-refractivity contribution in [3.8, 4) is 0 Å². The number of carbonyl (C=O) groups excluding carboxylic acids is 2. The van der Waals surface area contributed by atoms with E-state index in [1.165, 1.54) is 7.11 Å².